The van der Waals surface area contributed by atoms with Crippen LogP contribution in [0.2, 0.25) is 5.15 Å². The van der Waals surface area contributed by atoms with Crippen LogP contribution in [0.3, 0.4) is 0 Å². The van der Waals surface area contributed by atoms with Gasteiger partial charge in [-0.1, -0.05) is 32.4 Å². The first kappa shape index (κ1) is 14.9. The molecule has 0 saturated carbocycles. The number of hydrogen-bond acceptors (Lipinski definition) is 4. The van der Waals surface area contributed by atoms with Gasteiger partial charge < -0.3 is 5.32 Å². The Hall–Kier alpha value is -1.47. The minimum absolute atomic E-state index is 0.0843. The molecule has 0 aliphatic rings. The molecular formula is C12H13BrClN5O. The summed E-state index contributed by atoms with van der Waals surface area (Å²) >= 11 is 9.03. The molecule has 0 aliphatic carbocycles. The lowest BCUT2D eigenvalue weighted by atomic mass is 9.96. The van der Waals surface area contributed by atoms with Crippen LogP contribution in [0.4, 0.5) is 5.69 Å². The molecule has 1 amide bonds. The Morgan fingerprint density at radius 3 is 2.70 bits per heavy atom. The van der Waals surface area contributed by atoms with E-state index in [0.717, 1.165) is 0 Å². The summed E-state index contributed by atoms with van der Waals surface area (Å²) in [6, 6.07) is 1.66. The predicted octanol–water partition coefficient (Wildman–Crippen LogP) is 3.17. The molecule has 0 bridgehead atoms. The number of rotatable bonds is 2. The average Bonchev–Trinajstić information content (AvgIpc) is 2.83. The number of pyridine rings is 1. The monoisotopic (exact) mass is 357 g/mol. The highest BCUT2D eigenvalue weighted by molar-refractivity contribution is 9.10. The second-order valence-electron chi connectivity index (χ2n) is 5.21. The number of amides is 1. The fourth-order valence-electron chi connectivity index (χ4n) is 1.38. The summed E-state index contributed by atoms with van der Waals surface area (Å²) < 4.78 is 0.599. The highest BCUT2D eigenvalue weighted by Crippen LogP contribution is 2.23. The fraction of sp³-hybridized carbons (Fsp3) is 0.333. The molecule has 2 rings (SSSR count). The third-order valence-corrected chi connectivity index (χ3v) is 3.59. The standard InChI is InChI=1S/C12H13BrClN5O/c1-12(2,3)11-17-9(18-19-11)10(20)16-6-4-7(13)8(14)15-5-6/h4-5H,1-3H3,(H,16,20)(H,17,18,19). The van der Waals surface area contributed by atoms with Crippen LogP contribution < -0.4 is 5.32 Å². The summed E-state index contributed by atoms with van der Waals surface area (Å²) in [5.41, 5.74) is 0.310. The molecule has 0 radical (unpaired) electrons. The number of carbonyl (C=O) groups is 1. The molecule has 8 heteroatoms. The highest BCUT2D eigenvalue weighted by atomic mass is 79.9. The van der Waals surface area contributed by atoms with Gasteiger partial charge in [0.05, 0.1) is 16.4 Å². The molecule has 2 aromatic heterocycles. The van der Waals surface area contributed by atoms with Gasteiger partial charge in [-0.2, -0.15) is 0 Å². The molecule has 0 spiro atoms. The van der Waals surface area contributed by atoms with E-state index in [-0.39, 0.29) is 11.2 Å². The first-order valence-electron chi connectivity index (χ1n) is 5.82. The Morgan fingerprint density at radius 1 is 1.45 bits per heavy atom. The minimum Gasteiger partial charge on any atom is -0.318 e. The second kappa shape index (κ2) is 5.49. The van der Waals surface area contributed by atoms with E-state index in [0.29, 0.717) is 21.1 Å². The van der Waals surface area contributed by atoms with Crippen LogP contribution in [-0.2, 0) is 5.41 Å². The number of aromatic amines is 1. The van der Waals surface area contributed by atoms with Crippen LogP contribution in [0.1, 0.15) is 37.2 Å². The number of anilines is 1. The largest absolute Gasteiger partial charge is 0.318 e. The highest BCUT2D eigenvalue weighted by Gasteiger charge is 2.21. The Bertz CT molecular complexity index is 650. The number of aromatic nitrogens is 4. The Labute approximate surface area is 129 Å². The number of nitrogens with one attached hydrogen (secondary N) is 2. The second-order valence-corrected chi connectivity index (χ2v) is 6.42. The maximum absolute atomic E-state index is 12.0. The number of nitrogens with zero attached hydrogens (tertiary/aromatic N) is 3. The molecule has 0 unspecified atom stereocenters. The van der Waals surface area contributed by atoms with Crippen molar-refractivity contribution in [3.63, 3.8) is 0 Å². The summed E-state index contributed by atoms with van der Waals surface area (Å²) in [5.74, 6) is 0.326. The number of carbonyl (C=O) groups excluding carboxylic acids is 1. The van der Waals surface area contributed by atoms with Crippen molar-refractivity contribution < 1.29 is 4.79 Å². The van der Waals surface area contributed by atoms with Crippen LogP contribution in [-0.4, -0.2) is 26.1 Å². The van der Waals surface area contributed by atoms with E-state index in [1.807, 2.05) is 20.8 Å². The lowest BCUT2D eigenvalue weighted by Crippen LogP contribution is -2.16. The van der Waals surface area contributed by atoms with Crippen molar-refractivity contribution >= 4 is 39.1 Å². The Morgan fingerprint density at radius 2 is 2.15 bits per heavy atom. The topological polar surface area (TPSA) is 83.6 Å². The van der Waals surface area contributed by atoms with Crippen LogP contribution in [0, 0.1) is 0 Å². The van der Waals surface area contributed by atoms with Crippen LogP contribution >= 0.6 is 27.5 Å². The van der Waals surface area contributed by atoms with Crippen LogP contribution in [0.15, 0.2) is 16.7 Å². The number of hydrogen-bond donors (Lipinski definition) is 2. The molecule has 2 N–H and O–H groups in total. The summed E-state index contributed by atoms with van der Waals surface area (Å²) in [4.78, 5) is 20.1. The van der Waals surface area contributed by atoms with E-state index in [1.54, 1.807) is 6.07 Å². The summed E-state index contributed by atoms with van der Waals surface area (Å²) in [7, 11) is 0. The van der Waals surface area contributed by atoms with Crippen molar-refractivity contribution in [2.75, 3.05) is 5.32 Å². The van der Waals surface area contributed by atoms with Gasteiger partial charge in [-0.15, -0.1) is 5.10 Å². The quantitative estimate of drug-likeness (QED) is 0.808. The lowest BCUT2D eigenvalue weighted by molar-refractivity contribution is 0.101. The van der Waals surface area contributed by atoms with Crippen molar-refractivity contribution in [2.24, 2.45) is 0 Å². The van der Waals surface area contributed by atoms with Gasteiger partial charge in [0.15, 0.2) is 0 Å². The van der Waals surface area contributed by atoms with E-state index in [4.69, 9.17) is 11.6 Å². The zero-order valence-electron chi connectivity index (χ0n) is 11.2. The normalized spacial score (nSPS) is 11.4. The molecule has 0 fully saturated rings. The molecule has 0 aliphatic heterocycles. The third kappa shape index (κ3) is 3.34. The van der Waals surface area contributed by atoms with Gasteiger partial charge in [0.1, 0.15) is 11.0 Å². The molecule has 0 atom stereocenters. The molecule has 2 aromatic rings. The van der Waals surface area contributed by atoms with Gasteiger partial charge in [-0.3, -0.25) is 9.89 Å². The van der Waals surface area contributed by atoms with E-state index in [2.05, 4.69) is 41.4 Å². The van der Waals surface area contributed by atoms with E-state index in [1.165, 1.54) is 6.20 Å². The minimum atomic E-state index is -0.409. The maximum Gasteiger partial charge on any atom is 0.295 e. The van der Waals surface area contributed by atoms with E-state index < -0.39 is 5.91 Å². The van der Waals surface area contributed by atoms with Crippen molar-refractivity contribution in [3.8, 4) is 0 Å². The first-order chi connectivity index (χ1) is 9.27. The third-order valence-electron chi connectivity index (χ3n) is 2.45. The van der Waals surface area contributed by atoms with E-state index >= 15 is 0 Å². The summed E-state index contributed by atoms with van der Waals surface area (Å²) in [6.45, 7) is 5.94. The van der Waals surface area contributed by atoms with Crippen molar-refractivity contribution in [1.29, 1.82) is 0 Å². The molecule has 2 heterocycles. The van der Waals surface area contributed by atoms with Gasteiger partial charge >= 0.3 is 0 Å². The van der Waals surface area contributed by atoms with Crippen molar-refractivity contribution in [1.82, 2.24) is 20.2 Å². The summed E-state index contributed by atoms with van der Waals surface area (Å²) in [5, 5.41) is 9.66. The fourth-order valence-corrected chi connectivity index (χ4v) is 1.83. The first-order valence-corrected chi connectivity index (χ1v) is 7.00. The zero-order valence-corrected chi connectivity index (χ0v) is 13.5. The van der Waals surface area contributed by atoms with E-state index in [9.17, 15) is 4.79 Å². The van der Waals surface area contributed by atoms with Gasteiger partial charge in [0, 0.05) is 5.41 Å². The van der Waals surface area contributed by atoms with Crippen molar-refractivity contribution in [3.05, 3.63) is 33.5 Å². The average molecular weight is 359 g/mol. The van der Waals surface area contributed by atoms with Gasteiger partial charge in [-0.25, -0.2) is 9.97 Å². The number of halogens is 2. The molecule has 106 valence electrons. The van der Waals surface area contributed by atoms with Crippen molar-refractivity contribution in [2.45, 2.75) is 26.2 Å². The van der Waals surface area contributed by atoms with Gasteiger partial charge in [0.25, 0.3) is 5.91 Å². The van der Waals surface area contributed by atoms with Gasteiger partial charge in [-0.05, 0) is 22.0 Å². The lowest BCUT2D eigenvalue weighted by Gasteiger charge is -2.12. The molecule has 0 saturated heterocycles. The Balaban J connectivity index is 2.16. The zero-order chi connectivity index (χ0) is 14.9. The van der Waals surface area contributed by atoms with Gasteiger partial charge in [0.2, 0.25) is 5.82 Å². The smallest absolute Gasteiger partial charge is 0.295 e. The molecule has 6 nitrogen and oxygen atoms in total. The maximum atomic E-state index is 12.0. The predicted molar refractivity (Wildman–Crippen MR) is 80.0 cm³/mol. The SMILES string of the molecule is CC(C)(C)c1nc(C(=O)Nc2cnc(Cl)c(Br)c2)n[nH]1. The van der Waals surface area contributed by atoms with Crippen LogP contribution in [0.25, 0.3) is 0 Å². The molecular weight excluding hydrogens is 346 g/mol. The molecule has 20 heavy (non-hydrogen) atoms. The summed E-state index contributed by atoms with van der Waals surface area (Å²) in [6.07, 6.45) is 1.46. The Kier molecular flexibility index (Phi) is 4.10. The number of H-pyrrole nitrogens is 1. The molecule has 0 aromatic carbocycles. The van der Waals surface area contributed by atoms with Crippen LogP contribution in [0.5, 0.6) is 0 Å².